The molecule has 190 valence electrons. The largest absolute Gasteiger partial charge is 0.341 e. The van der Waals surface area contributed by atoms with E-state index in [1.165, 1.54) is 21.2 Å². The van der Waals surface area contributed by atoms with Gasteiger partial charge in [-0.15, -0.1) is 0 Å². The molecular weight excluding hydrogens is 576 g/mol. The summed E-state index contributed by atoms with van der Waals surface area (Å²) in [5.74, 6) is -1.87. The normalized spacial score (nSPS) is 23.2. The van der Waals surface area contributed by atoms with Gasteiger partial charge in [0.2, 0.25) is 17.7 Å². The summed E-state index contributed by atoms with van der Waals surface area (Å²) in [5.41, 5.74) is 1.28. The molecule has 6 rings (SSSR count). The first-order valence-electron chi connectivity index (χ1n) is 12.2. The third kappa shape index (κ3) is 4.26. The number of nitrogens with zero attached hydrogens (tertiary/aromatic N) is 4. The third-order valence-electron chi connectivity index (χ3n) is 7.18. The molecule has 3 amide bonds. The Bertz CT molecular complexity index is 1430. The van der Waals surface area contributed by atoms with Crippen molar-refractivity contribution in [2.75, 3.05) is 18.0 Å². The predicted octanol–water partition coefficient (Wildman–Crippen LogP) is 3.88. The second-order valence-electron chi connectivity index (χ2n) is 9.38. The Hall–Kier alpha value is -2.76. The Balaban J connectivity index is 1.42. The molecule has 37 heavy (non-hydrogen) atoms. The molecule has 2 fully saturated rings. The molecule has 11 heteroatoms. The van der Waals surface area contributed by atoms with E-state index in [0.717, 1.165) is 45.5 Å². The highest BCUT2D eigenvalue weighted by molar-refractivity contribution is 9.10. The number of thioether (sulfide) groups is 1. The Morgan fingerprint density at radius 2 is 1.78 bits per heavy atom. The first-order valence-corrected chi connectivity index (χ1v) is 14.6. The molecule has 3 aromatic rings. The number of halogens is 1. The number of piperidine rings is 1. The number of aromatic nitrogens is 2. The van der Waals surface area contributed by atoms with E-state index >= 15 is 0 Å². The van der Waals surface area contributed by atoms with E-state index in [4.69, 9.17) is 0 Å². The van der Waals surface area contributed by atoms with Crippen LogP contribution in [0, 0.1) is 5.92 Å². The summed E-state index contributed by atoms with van der Waals surface area (Å²) >= 11 is 5.70. The molecule has 0 radical (unpaired) electrons. The van der Waals surface area contributed by atoms with Crippen molar-refractivity contribution in [1.82, 2.24) is 14.5 Å². The lowest BCUT2D eigenvalue weighted by Crippen LogP contribution is -2.39. The van der Waals surface area contributed by atoms with E-state index in [1.807, 2.05) is 11.0 Å². The van der Waals surface area contributed by atoms with E-state index in [0.29, 0.717) is 23.8 Å². The van der Waals surface area contributed by atoms with E-state index in [-0.39, 0.29) is 29.1 Å². The van der Waals surface area contributed by atoms with E-state index in [1.54, 1.807) is 42.7 Å². The van der Waals surface area contributed by atoms with Crippen molar-refractivity contribution in [2.24, 2.45) is 5.92 Å². The monoisotopic (exact) mass is 598 g/mol. The topological polar surface area (TPSA) is 92.6 Å². The minimum absolute atomic E-state index is 0.0621. The molecule has 3 aliphatic rings. The summed E-state index contributed by atoms with van der Waals surface area (Å²) in [4.78, 5) is 61.6. The Labute approximate surface area is 229 Å². The number of carbonyl (C=O) groups is 3. The predicted molar refractivity (Wildman–Crippen MR) is 145 cm³/mol. The van der Waals surface area contributed by atoms with Crippen LogP contribution >= 0.6 is 39.0 Å². The Kier molecular flexibility index (Phi) is 6.54. The molecule has 3 unspecified atom stereocenters. The summed E-state index contributed by atoms with van der Waals surface area (Å²) in [5, 5.41) is -0.103. The molecule has 0 aliphatic carbocycles. The number of hydrogen-bond donors (Lipinski definition) is 0. The fourth-order valence-electron chi connectivity index (χ4n) is 5.40. The van der Waals surface area contributed by atoms with Crippen molar-refractivity contribution in [2.45, 2.75) is 42.0 Å². The fraction of sp³-hybridized carbons (Fsp3) is 0.346. The van der Waals surface area contributed by atoms with Gasteiger partial charge < -0.3 is 4.90 Å². The summed E-state index contributed by atoms with van der Waals surface area (Å²) in [6, 6.07) is 10.7. The number of imide groups is 1. The number of likely N-dealkylation sites (tertiary alicyclic amines) is 1. The minimum atomic E-state index is -0.709. The molecule has 3 aliphatic heterocycles. The number of rotatable bonds is 4. The number of amides is 3. The van der Waals surface area contributed by atoms with Crippen LogP contribution in [0.5, 0.6) is 0 Å². The van der Waals surface area contributed by atoms with Gasteiger partial charge in [-0.05, 0) is 55.2 Å². The SMILES string of the molecule is O=C(Cn1c2c(sc1=O)C(c1cccnc1)C1C(=O)N(c3ccc(Br)cc3)C(=O)C1S2)N1CCCCC1. The van der Waals surface area contributed by atoms with Gasteiger partial charge in [0, 0.05) is 40.8 Å². The van der Waals surface area contributed by atoms with Crippen molar-refractivity contribution in [3.63, 3.8) is 0 Å². The van der Waals surface area contributed by atoms with Crippen molar-refractivity contribution < 1.29 is 14.4 Å². The fourth-order valence-corrected chi connectivity index (χ4v) is 8.44. The van der Waals surface area contributed by atoms with Gasteiger partial charge in [-0.2, -0.15) is 0 Å². The molecule has 0 saturated carbocycles. The van der Waals surface area contributed by atoms with Crippen molar-refractivity contribution in [1.29, 1.82) is 0 Å². The van der Waals surface area contributed by atoms with Crippen LogP contribution < -0.4 is 9.77 Å². The van der Waals surface area contributed by atoms with Crippen LogP contribution in [0.25, 0.3) is 0 Å². The molecule has 2 aromatic heterocycles. The second kappa shape index (κ2) is 9.85. The highest BCUT2D eigenvalue weighted by Gasteiger charge is 2.56. The molecular formula is C26H23BrN4O4S2. The molecule has 0 bridgehead atoms. The Morgan fingerprint density at radius 1 is 1.03 bits per heavy atom. The summed E-state index contributed by atoms with van der Waals surface area (Å²) in [6.07, 6.45) is 6.38. The Morgan fingerprint density at radius 3 is 2.49 bits per heavy atom. The highest BCUT2D eigenvalue weighted by Crippen LogP contribution is 2.53. The first kappa shape index (κ1) is 24.6. The maximum Gasteiger partial charge on any atom is 0.308 e. The zero-order valence-electron chi connectivity index (χ0n) is 19.7. The standard InChI is InChI=1S/C26H23BrN4O4S2/c27-16-6-8-17(9-7-16)31-23(33)20-19(15-5-4-10-28-13-15)22-25(36-21(20)24(31)34)30(26(35)37-22)14-18(32)29-11-2-1-3-12-29/h4-10,13,19-21H,1-3,11-12,14H2. The maximum atomic E-state index is 13.8. The smallest absolute Gasteiger partial charge is 0.308 e. The van der Waals surface area contributed by atoms with Crippen molar-refractivity contribution in [3.8, 4) is 0 Å². The van der Waals surface area contributed by atoms with Crippen molar-refractivity contribution >= 4 is 62.4 Å². The number of fused-ring (bicyclic) bond motifs is 2. The number of hydrogen-bond acceptors (Lipinski definition) is 7. The third-order valence-corrected chi connectivity index (χ3v) is 10.3. The number of anilines is 1. The van der Waals surface area contributed by atoms with E-state index < -0.39 is 17.1 Å². The molecule has 5 heterocycles. The maximum absolute atomic E-state index is 13.8. The van der Waals surface area contributed by atoms with Crippen LogP contribution in [0.3, 0.4) is 0 Å². The number of carbonyl (C=O) groups excluding carboxylic acids is 3. The van der Waals surface area contributed by atoms with Gasteiger partial charge in [0.05, 0.1) is 16.6 Å². The summed E-state index contributed by atoms with van der Waals surface area (Å²) in [6.45, 7) is 1.34. The van der Waals surface area contributed by atoms with Crippen LogP contribution in [0.1, 0.15) is 35.6 Å². The van der Waals surface area contributed by atoms with E-state index in [2.05, 4.69) is 20.9 Å². The molecule has 3 atom stereocenters. The zero-order chi connectivity index (χ0) is 25.7. The summed E-state index contributed by atoms with van der Waals surface area (Å²) < 4.78 is 2.35. The van der Waals surface area contributed by atoms with Crippen LogP contribution in [0.4, 0.5) is 5.69 Å². The molecule has 0 N–H and O–H groups in total. The lowest BCUT2D eigenvalue weighted by Gasteiger charge is -2.31. The van der Waals surface area contributed by atoms with Crippen LogP contribution in [0.2, 0.25) is 0 Å². The number of benzene rings is 1. The molecule has 8 nitrogen and oxygen atoms in total. The van der Waals surface area contributed by atoms with Gasteiger partial charge in [0.15, 0.2) is 0 Å². The number of thiazole rings is 1. The van der Waals surface area contributed by atoms with Gasteiger partial charge in [0.1, 0.15) is 11.8 Å². The quantitative estimate of drug-likeness (QED) is 0.423. The number of pyridine rings is 1. The highest BCUT2D eigenvalue weighted by atomic mass is 79.9. The van der Waals surface area contributed by atoms with Crippen LogP contribution in [-0.4, -0.2) is 50.5 Å². The zero-order valence-corrected chi connectivity index (χ0v) is 22.9. The lowest BCUT2D eigenvalue weighted by atomic mass is 9.84. The average Bonchev–Trinajstić information content (AvgIpc) is 3.36. The molecule has 1 aromatic carbocycles. The van der Waals surface area contributed by atoms with Crippen LogP contribution in [-0.2, 0) is 20.9 Å². The van der Waals surface area contributed by atoms with Gasteiger partial charge >= 0.3 is 4.87 Å². The van der Waals surface area contributed by atoms with Crippen molar-refractivity contribution in [3.05, 3.63) is 73.4 Å². The van der Waals surface area contributed by atoms with Gasteiger partial charge in [-0.25, -0.2) is 4.90 Å². The molecule has 2 saturated heterocycles. The second-order valence-corrected chi connectivity index (χ2v) is 12.4. The van der Waals surface area contributed by atoms with Gasteiger partial charge in [-0.3, -0.25) is 28.7 Å². The summed E-state index contributed by atoms with van der Waals surface area (Å²) in [7, 11) is 0. The lowest BCUT2D eigenvalue weighted by molar-refractivity contribution is -0.133. The average molecular weight is 600 g/mol. The van der Waals surface area contributed by atoms with Gasteiger partial charge in [-0.1, -0.05) is 45.1 Å². The molecule has 0 spiro atoms. The van der Waals surface area contributed by atoms with Gasteiger partial charge in [0.25, 0.3) is 0 Å². The minimum Gasteiger partial charge on any atom is -0.341 e. The first-order chi connectivity index (χ1) is 17.9. The van der Waals surface area contributed by atoms with E-state index in [9.17, 15) is 19.2 Å². The van der Waals surface area contributed by atoms with Crippen LogP contribution in [0.15, 0.2) is 63.1 Å².